The van der Waals surface area contributed by atoms with Crippen molar-refractivity contribution in [1.29, 1.82) is 0 Å². The number of nitrogens with one attached hydrogen (secondary N) is 1. The van der Waals surface area contributed by atoms with Crippen LogP contribution in [0.1, 0.15) is 56.5 Å². The van der Waals surface area contributed by atoms with Crippen LogP contribution in [0.5, 0.6) is 0 Å². The largest absolute Gasteiger partial charge is 0.354 e. The maximum atomic E-state index is 13.1. The number of aromatic nitrogens is 3. The molecule has 0 bridgehead atoms. The Morgan fingerprint density at radius 1 is 1.12 bits per heavy atom. The van der Waals surface area contributed by atoms with E-state index in [0.29, 0.717) is 43.0 Å². The predicted octanol–water partition coefficient (Wildman–Crippen LogP) is 3.36. The molecule has 0 radical (unpaired) electrons. The molecule has 0 saturated carbocycles. The Kier molecular flexibility index (Phi) is 7.25. The van der Waals surface area contributed by atoms with Crippen LogP contribution in [0.25, 0.3) is 0 Å². The van der Waals surface area contributed by atoms with Crippen molar-refractivity contribution in [1.82, 2.24) is 25.2 Å². The van der Waals surface area contributed by atoms with Crippen LogP contribution >= 0.6 is 0 Å². The molecule has 1 atom stereocenters. The molecule has 2 aromatic heterocycles. The van der Waals surface area contributed by atoms with Crippen LogP contribution in [0.2, 0.25) is 0 Å². The van der Waals surface area contributed by atoms with Gasteiger partial charge in [-0.15, -0.1) is 0 Å². The topological polar surface area (TPSA) is 88.1 Å². The third-order valence-corrected chi connectivity index (χ3v) is 6.02. The Balaban J connectivity index is 1.39. The highest BCUT2D eigenvalue weighted by Crippen LogP contribution is 2.22. The van der Waals surface area contributed by atoms with Crippen molar-refractivity contribution in [2.75, 3.05) is 20.1 Å². The van der Waals surface area contributed by atoms with Crippen LogP contribution in [0.3, 0.4) is 0 Å². The maximum absolute atomic E-state index is 13.1. The van der Waals surface area contributed by atoms with Gasteiger partial charge in [0.1, 0.15) is 17.3 Å². The fourth-order valence-corrected chi connectivity index (χ4v) is 4.34. The van der Waals surface area contributed by atoms with E-state index in [9.17, 15) is 14.0 Å². The molecule has 0 unspecified atom stereocenters. The minimum atomic E-state index is -0.265. The summed E-state index contributed by atoms with van der Waals surface area (Å²) < 4.78 is 13.1. The van der Waals surface area contributed by atoms with Crippen molar-refractivity contribution in [3.8, 4) is 0 Å². The minimum absolute atomic E-state index is 0.0320. The monoisotopic (exact) mass is 461 g/mol. The molecule has 4 rings (SSSR count). The second-order valence-corrected chi connectivity index (χ2v) is 8.68. The number of pyridine rings is 1. The van der Waals surface area contributed by atoms with Crippen LogP contribution in [-0.4, -0.2) is 51.8 Å². The highest BCUT2D eigenvalue weighted by Gasteiger charge is 2.25. The molecule has 7 nitrogen and oxygen atoms in total. The molecule has 2 amide bonds. The summed E-state index contributed by atoms with van der Waals surface area (Å²) in [5.41, 5.74) is 3.53. The zero-order chi connectivity index (χ0) is 24.1. The zero-order valence-corrected chi connectivity index (χ0v) is 19.4. The van der Waals surface area contributed by atoms with E-state index < -0.39 is 0 Å². The summed E-state index contributed by atoms with van der Waals surface area (Å²) in [4.78, 5) is 40.1. The Morgan fingerprint density at radius 2 is 1.91 bits per heavy atom. The van der Waals surface area contributed by atoms with Gasteiger partial charge in [0.05, 0.1) is 5.56 Å². The fourth-order valence-electron chi connectivity index (χ4n) is 4.34. The molecule has 34 heavy (non-hydrogen) atoms. The van der Waals surface area contributed by atoms with Crippen LogP contribution in [-0.2, 0) is 12.8 Å². The molecule has 1 aromatic carbocycles. The molecule has 3 aromatic rings. The third kappa shape index (κ3) is 5.81. The van der Waals surface area contributed by atoms with E-state index in [4.69, 9.17) is 0 Å². The molecule has 0 aliphatic carbocycles. The van der Waals surface area contributed by atoms with Crippen LogP contribution in [0.4, 0.5) is 4.39 Å². The zero-order valence-electron chi connectivity index (χ0n) is 19.4. The molecule has 1 fully saturated rings. The van der Waals surface area contributed by atoms with Gasteiger partial charge in [0.2, 0.25) is 0 Å². The van der Waals surface area contributed by atoms with E-state index in [1.807, 2.05) is 11.0 Å². The van der Waals surface area contributed by atoms with Gasteiger partial charge in [0, 0.05) is 44.1 Å². The third-order valence-electron chi connectivity index (χ3n) is 6.02. The summed E-state index contributed by atoms with van der Waals surface area (Å²) in [7, 11) is 1.58. The van der Waals surface area contributed by atoms with E-state index in [-0.39, 0.29) is 23.5 Å². The first kappa shape index (κ1) is 23.5. The first-order valence-electron chi connectivity index (χ1n) is 11.5. The molecule has 1 N–H and O–H groups in total. The van der Waals surface area contributed by atoms with Gasteiger partial charge in [-0.05, 0) is 68.0 Å². The molecule has 176 valence electrons. The van der Waals surface area contributed by atoms with Gasteiger partial charge in [0.25, 0.3) is 11.8 Å². The SMILES string of the molecule is CNC(=O)c1cc(C[C@@H]2CCCN(C(=O)c3ccc(Cc4ccc(F)cc4)nc3)C2)nc(C)n1. The fraction of sp³-hybridized carbons (Fsp3) is 0.346. The average Bonchev–Trinajstić information content (AvgIpc) is 2.85. The smallest absolute Gasteiger partial charge is 0.269 e. The van der Waals surface area contributed by atoms with Crippen molar-refractivity contribution in [3.63, 3.8) is 0 Å². The normalized spacial score (nSPS) is 15.7. The Morgan fingerprint density at radius 3 is 2.62 bits per heavy atom. The molecule has 1 saturated heterocycles. The van der Waals surface area contributed by atoms with Gasteiger partial charge in [0.15, 0.2) is 0 Å². The van der Waals surface area contributed by atoms with Crippen molar-refractivity contribution >= 4 is 11.8 Å². The molecule has 0 spiro atoms. The van der Waals surface area contributed by atoms with E-state index >= 15 is 0 Å². The molecule has 1 aliphatic heterocycles. The van der Waals surface area contributed by atoms with Gasteiger partial charge in [-0.2, -0.15) is 0 Å². The molecular formula is C26H28FN5O2. The lowest BCUT2D eigenvalue weighted by molar-refractivity contribution is 0.0672. The minimum Gasteiger partial charge on any atom is -0.354 e. The number of benzene rings is 1. The van der Waals surface area contributed by atoms with Gasteiger partial charge >= 0.3 is 0 Å². The number of halogens is 1. The highest BCUT2D eigenvalue weighted by molar-refractivity contribution is 5.94. The number of hydrogen-bond donors (Lipinski definition) is 1. The first-order chi connectivity index (χ1) is 16.4. The predicted molar refractivity (Wildman–Crippen MR) is 126 cm³/mol. The summed E-state index contributed by atoms with van der Waals surface area (Å²) >= 11 is 0. The summed E-state index contributed by atoms with van der Waals surface area (Å²) in [6.07, 6.45) is 4.80. The van der Waals surface area contributed by atoms with E-state index in [2.05, 4.69) is 20.3 Å². The number of piperidine rings is 1. The van der Waals surface area contributed by atoms with Crippen LogP contribution < -0.4 is 5.32 Å². The highest BCUT2D eigenvalue weighted by atomic mass is 19.1. The van der Waals surface area contributed by atoms with Gasteiger partial charge in [-0.3, -0.25) is 14.6 Å². The lowest BCUT2D eigenvalue weighted by atomic mass is 9.92. The van der Waals surface area contributed by atoms with Crippen molar-refractivity contribution in [2.24, 2.45) is 5.92 Å². The Hall–Kier alpha value is -3.68. The lowest BCUT2D eigenvalue weighted by Gasteiger charge is -2.32. The van der Waals surface area contributed by atoms with Gasteiger partial charge in [-0.25, -0.2) is 14.4 Å². The number of aryl methyl sites for hydroxylation is 1. The molecule has 8 heteroatoms. The molecule has 3 heterocycles. The first-order valence-corrected chi connectivity index (χ1v) is 11.5. The number of carbonyl (C=O) groups excluding carboxylic acids is 2. The van der Waals surface area contributed by atoms with E-state index in [1.54, 1.807) is 44.4 Å². The molecular weight excluding hydrogens is 433 g/mol. The average molecular weight is 462 g/mol. The van der Waals surface area contributed by atoms with Crippen molar-refractivity contribution < 1.29 is 14.0 Å². The summed E-state index contributed by atoms with van der Waals surface area (Å²) in [5.74, 6) is 0.291. The number of likely N-dealkylation sites (tertiary alicyclic amines) is 1. The van der Waals surface area contributed by atoms with E-state index in [1.165, 1.54) is 12.1 Å². The number of rotatable bonds is 6. The maximum Gasteiger partial charge on any atom is 0.269 e. The van der Waals surface area contributed by atoms with Crippen molar-refractivity contribution in [2.45, 2.75) is 32.6 Å². The summed E-state index contributed by atoms with van der Waals surface area (Å²) in [5, 5.41) is 2.60. The number of carbonyl (C=O) groups is 2. The standard InChI is InChI=1S/C26H28FN5O2/c1-17-30-23(14-24(31-17)25(33)28-2)13-19-4-3-11-32(16-19)26(34)20-7-10-22(29-15-20)12-18-5-8-21(27)9-6-18/h5-10,14-15,19H,3-4,11-13,16H2,1-2H3,(H,28,33)/t19-/m0/s1. The Labute approximate surface area is 198 Å². The van der Waals surface area contributed by atoms with Crippen LogP contribution in [0, 0.1) is 18.7 Å². The van der Waals surface area contributed by atoms with Crippen molar-refractivity contribution in [3.05, 3.63) is 88.5 Å². The quantitative estimate of drug-likeness (QED) is 0.608. The van der Waals surface area contributed by atoms with Gasteiger partial charge in [-0.1, -0.05) is 12.1 Å². The van der Waals surface area contributed by atoms with Crippen LogP contribution in [0.15, 0.2) is 48.7 Å². The van der Waals surface area contributed by atoms with E-state index in [0.717, 1.165) is 29.8 Å². The second-order valence-electron chi connectivity index (χ2n) is 8.68. The van der Waals surface area contributed by atoms with Gasteiger partial charge < -0.3 is 10.2 Å². The summed E-state index contributed by atoms with van der Waals surface area (Å²) in [6, 6.07) is 11.7. The number of amides is 2. The number of hydrogen-bond acceptors (Lipinski definition) is 5. The molecule has 1 aliphatic rings. The number of nitrogens with zero attached hydrogens (tertiary/aromatic N) is 4. The second kappa shape index (κ2) is 10.5. The summed E-state index contributed by atoms with van der Waals surface area (Å²) in [6.45, 7) is 3.12. The Bertz CT molecular complexity index is 1160. The lowest BCUT2D eigenvalue weighted by Crippen LogP contribution is -2.40.